The quantitative estimate of drug-likeness (QED) is 0.774. The van der Waals surface area contributed by atoms with E-state index in [1.54, 1.807) is 18.2 Å². The van der Waals surface area contributed by atoms with E-state index in [9.17, 15) is 5.11 Å². The predicted octanol–water partition coefficient (Wildman–Crippen LogP) is 4.48. The van der Waals surface area contributed by atoms with Gasteiger partial charge in [-0.3, -0.25) is 0 Å². The Morgan fingerprint density at radius 2 is 1.95 bits per heavy atom. The summed E-state index contributed by atoms with van der Waals surface area (Å²) in [6, 6.07) is 14.5. The molecule has 1 heterocycles. The van der Waals surface area contributed by atoms with E-state index in [0.29, 0.717) is 6.61 Å². The molecule has 0 radical (unpaired) electrons. The number of para-hydroxylation sites is 1. The topological polar surface area (TPSA) is 42.6 Å². The summed E-state index contributed by atoms with van der Waals surface area (Å²) in [4.78, 5) is 0. The molecule has 0 amide bonds. The number of rotatable bonds is 3. The first-order valence-corrected chi connectivity index (χ1v) is 6.60. The van der Waals surface area contributed by atoms with Crippen molar-refractivity contribution in [3.8, 4) is 11.5 Å². The van der Waals surface area contributed by atoms with Crippen LogP contribution in [0, 0.1) is 0 Å². The molecule has 1 N–H and O–H groups in total. The zero-order valence-corrected chi connectivity index (χ0v) is 11.6. The molecule has 0 aliphatic carbocycles. The number of hydrogen-bond donors (Lipinski definition) is 1. The highest BCUT2D eigenvalue weighted by Crippen LogP contribution is 2.27. The van der Waals surface area contributed by atoms with Gasteiger partial charge in [-0.15, -0.1) is 0 Å². The Balaban J connectivity index is 1.80. The Morgan fingerprint density at radius 1 is 1.11 bits per heavy atom. The SMILES string of the molecule is Oc1ccc2oc(COc3ccccc3Br)cc2c1. The van der Waals surface area contributed by atoms with E-state index in [2.05, 4.69) is 15.9 Å². The minimum Gasteiger partial charge on any atom is -0.508 e. The average molecular weight is 319 g/mol. The Labute approximate surface area is 118 Å². The first kappa shape index (κ1) is 12.1. The summed E-state index contributed by atoms with van der Waals surface area (Å²) >= 11 is 3.43. The molecule has 0 aliphatic rings. The molecule has 0 saturated carbocycles. The summed E-state index contributed by atoms with van der Waals surface area (Å²) in [6.45, 7) is 0.345. The molecule has 0 aliphatic heterocycles. The Hall–Kier alpha value is -1.94. The third kappa shape index (κ3) is 2.58. The molecule has 4 heteroatoms. The summed E-state index contributed by atoms with van der Waals surface area (Å²) in [6.07, 6.45) is 0. The van der Waals surface area contributed by atoms with Gasteiger partial charge in [-0.2, -0.15) is 0 Å². The number of benzene rings is 2. The molecule has 0 spiro atoms. The molecule has 3 aromatic rings. The molecule has 0 saturated heterocycles. The van der Waals surface area contributed by atoms with E-state index in [0.717, 1.165) is 27.0 Å². The minimum absolute atomic E-state index is 0.228. The maximum absolute atomic E-state index is 9.40. The largest absolute Gasteiger partial charge is 0.508 e. The number of furan rings is 1. The summed E-state index contributed by atoms with van der Waals surface area (Å²) < 4.78 is 12.2. The van der Waals surface area contributed by atoms with Gasteiger partial charge in [0, 0.05) is 5.39 Å². The van der Waals surface area contributed by atoms with Crippen molar-refractivity contribution in [1.29, 1.82) is 0 Å². The van der Waals surface area contributed by atoms with Gasteiger partial charge in [0.25, 0.3) is 0 Å². The van der Waals surface area contributed by atoms with Gasteiger partial charge in [0.05, 0.1) is 4.47 Å². The predicted molar refractivity (Wildman–Crippen MR) is 76.4 cm³/mol. The smallest absolute Gasteiger partial charge is 0.146 e. The monoisotopic (exact) mass is 318 g/mol. The fourth-order valence-corrected chi connectivity index (χ4v) is 2.27. The van der Waals surface area contributed by atoms with Crippen LogP contribution >= 0.6 is 15.9 Å². The number of phenols is 1. The third-order valence-corrected chi connectivity index (χ3v) is 3.41. The lowest BCUT2D eigenvalue weighted by Crippen LogP contribution is -1.93. The lowest BCUT2D eigenvalue weighted by atomic mass is 10.2. The number of halogens is 1. The fourth-order valence-electron chi connectivity index (χ4n) is 1.87. The molecular weight excluding hydrogens is 308 g/mol. The van der Waals surface area contributed by atoms with Gasteiger partial charge in [0.2, 0.25) is 0 Å². The van der Waals surface area contributed by atoms with Crippen molar-refractivity contribution in [1.82, 2.24) is 0 Å². The maximum Gasteiger partial charge on any atom is 0.146 e. The lowest BCUT2D eigenvalue weighted by molar-refractivity contribution is 0.273. The van der Waals surface area contributed by atoms with Gasteiger partial charge in [-0.25, -0.2) is 0 Å². The van der Waals surface area contributed by atoms with E-state index < -0.39 is 0 Å². The van der Waals surface area contributed by atoms with Crippen LogP contribution in [0.25, 0.3) is 11.0 Å². The van der Waals surface area contributed by atoms with Crippen LogP contribution in [0.3, 0.4) is 0 Å². The van der Waals surface area contributed by atoms with Crippen LogP contribution in [0.1, 0.15) is 5.76 Å². The standard InChI is InChI=1S/C15H11BrO3/c16-13-3-1-2-4-15(13)18-9-12-8-10-7-11(17)5-6-14(10)19-12/h1-8,17H,9H2. The molecule has 0 atom stereocenters. The Kier molecular flexibility index (Phi) is 3.17. The molecule has 0 bridgehead atoms. The van der Waals surface area contributed by atoms with Gasteiger partial charge in [-0.1, -0.05) is 12.1 Å². The molecule has 2 aromatic carbocycles. The highest BCUT2D eigenvalue weighted by Gasteiger charge is 2.06. The second-order valence-electron chi connectivity index (χ2n) is 4.15. The van der Waals surface area contributed by atoms with Crippen LogP contribution < -0.4 is 4.74 Å². The van der Waals surface area contributed by atoms with Crippen LogP contribution in [0.15, 0.2) is 57.4 Å². The second-order valence-corrected chi connectivity index (χ2v) is 5.01. The number of hydrogen-bond acceptors (Lipinski definition) is 3. The zero-order chi connectivity index (χ0) is 13.2. The van der Waals surface area contributed by atoms with Crippen molar-refractivity contribution in [3.63, 3.8) is 0 Å². The second kappa shape index (κ2) is 4.97. The summed E-state index contributed by atoms with van der Waals surface area (Å²) in [5, 5.41) is 10.3. The molecule has 1 aromatic heterocycles. The lowest BCUT2D eigenvalue weighted by Gasteiger charge is -2.05. The third-order valence-electron chi connectivity index (χ3n) is 2.76. The minimum atomic E-state index is 0.228. The van der Waals surface area contributed by atoms with Crippen LogP contribution in [-0.4, -0.2) is 5.11 Å². The van der Waals surface area contributed by atoms with Gasteiger partial charge in [0.1, 0.15) is 29.4 Å². The van der Waals surface area contributed by atoms with E-state index in [-0.39, 0.29) is 5.75 Å². The Bertz CT molecular complexity index is 718. The molecule has 3 nitrogen and oxygen atoms in total. The van der Waals surface area contributed by atoms with Crippen molar-refractivity contribution >= 4 is 26.9 Å². The summed E-state index contributed by atoms with van der Waals surface area (Å²) in [7, 11) is 0. The zero-order valence-electron chi connectivity index (χ0n) is 9.97. The summed E-state index contributed by atoms with van der Waals surface area (Å²) in [5.41, 5.74) is 0.739. The van der Waals surface area contributed by atoms with Crippen molar-refractivity contribution in [2.75, 3.05) is 0 Å². The summed E-state index contributed by atoms with van der Waals surface area (Å²) in [5.74, 6) is 1.72. The number of fused-ring (bicyclic) bond motifs is 1. The molecule has 3 rings (SSSR count). The fraction of sp³-hybridized carbons (Fsp3) is 0.0667. The van der Waals surface area contributed by atoms with Gasteiger partial charge < -0.3 is 14.3 Å². The highest BCUT2D eigenvalue weighted by atomic mass is 79.9. The number of phenolic OH excluding ortho intramolecular Hbond substituents is 1. The van der Waals surface area contributed by atoms with Crippen LogP contribution in [0.4, 0.5) is 0 Å². The van der Waals surface area contributed by atoms with Crippen molar-refractivity contribution < 1.29 is 14.3 Å². The maximum atomic E-state index is 9.40. The first-order chi connectivity index (χ1) is 9.22. The Morgan fingerprint density at radius 3 is 2.79 bits per heavy atom. The van der Waals surface area contributed by atoms with Crippen LogP contribution in [0.2, 0.25) is 0 Å². The molecule has 0 unspecified atom stereocenters. The van der Waals surface area contributed by atoms with E-state index in [4.69, 9.17) is 9.15 Å². The van der Waals surface area contributed by atoms with E-state index >= 15 is 0 Å². The molecule has 19 heavy (non-hydrogen) atoms. The number of aromatic hydroxyl groups is 1. The highest BCUT2D eigenvalue weighted by molar-refractivity contribution is 9.10. The average Bonchev–Trinajstić information content (AvgIpc) is 2.79. The van der Waals surface area contributed by atoms with Crippen molar-refractivity contribution in [2.45, 2.75) is 6.61 Å². The van der Waals surface area contributed by atoms with E-state index in [1.165, 1.54) is 0 Å². The number of ether oxygens (including phenoxy) is 1. The molecule has 0 fully saturated rings. The first-order valence-electron chi connectivity index (χ1n) is 5.81. The van der Waals surface area contributed by atoms with Crippen LogP contribution in [-0.2, 0) is 6.61 Å². The van der Waals surface area contributed by atoms with Gasteiger partial charge in [0.15, 0.2) is 0 Å². The van der Waals surface area contributed by atoms with Crippen LogP contribution in [0.5, 0.6) is 11.5 Å². The normalized spacial score (nSPS) is 10.8. The van der Waals surface area contributed by atoms with E-state index in [1.807, 2.05) is 30.3 Å². The van der Waals surface area contributed by atoms with Crippen molar-refractivity contribution in [2.24, 2.45) is 0 Å². The van der Waals surface area contributed by atoms with Crippen molar-refractivity contribution in [3.05, 3.63) is 58.8 Å². The van der Waals surface area contributed by atoms with Gasteiger partial charge in [-0.05, 0) is 52.3 Å². The van der Waals surface area contributed by atoms with Gasteiger partial charge >= 0.3 is 0 Å². The molecule has 96 valence electrons. The molecular formula is C15H11BrO3.